The summed E-state index contributed by atoms with van der Waals surface area (Å²) in [5.41, 5.74) is 0. The van der Waals surface area contributed by atoms with E-state index in [9.17, 15) is 14.4 Å². The van der Waals surface area contributed by atoms with E-state index in [0.717, 1.165) is 69.6 Å². The first-order valence-corrected chi connectivity index (χ1v) is 24.7. The monoisotopic (exact) mass is 793 g/mol. The second-order valence-electron chi connectivity index (χ2n) is 18.1. The number of hydrogen-bond donors (Lipinski definition) is 0. The predicted molar refractivity (Wildman–Crippen MR) is 238 cm³/mol. The molecule has 0 bridgehead atoms. The SMILES string of the molecule is CCCCCCCCCCCCCCCC(=O)O[C@@H](COC(=O)CCCCCCCCCCCCCCCC(C)C)COC(=O)CCCCCCCCC(C)C. The van der Waals surface area contributed by atoms with Gasteiger partial charge in [-0.2, -0.15) is 0 Å². The lowest BCUT2D eigenvalue weighted by Crippen LogP contribution is -2.30. The van der Waals surface area contributed by atoms with E-state index < -0.39 is 6.10 Å². The third-order valence-electron chi connectivity index (χ3n) is 11.2. The van der Waals surface area contributed by atoms with Gasteiger partial charge in [-0.25, -0.2) is 0 Å². The number of rotatable bonds is 44. The van der Waals surface area contributed by atoms with Crippen LogP contribution in [0.4, 0.5) is 0 Å². The van der Waals surface area contributed by atoms with Gasteiger partial charge in [-0.05, 0) is 31.1 Å². The molecule has 0 saturated heterocycles. The summed E-state index contributed by atoms with van der Waals surface area (Å²) in [7, 11) is 0. The molecule has 0 aliphatic carbocycles. The Morgan fingerprint density at radius 1 is 0.339 bits per heavy atom. The number of unbranched alkanes of at least 4 members (excludes halogenated alkanes) is 29. The highest BCUT2D eigenvalue weighted by atomic mass is 16.6. The van der Waals surface area contributed by atoms with Crippen molar-refractivity contribution in [3.63, 3.8) is 0 Å². The number of esters is 3. The molecule has 0 heterocycles. The molecule has 0 aromatic heterocycles. The topological polar surface area (TPSA) is 78.9 Å². The summed E-state index contributed by atoms with van der Waals surface area (Å²) in [6.07, 6.45) is 42.4. The zero-order chi connectivity index (χ0) is 41.2. The number of carbonyl (C=O) groups excluding carboxylic acids is 3. The molecule has 0 aromatic rings. The van der Waals surface area contributed by atoms with E-state index in [0.29, 0.717) is 19.3 Å². The minimum absolute atomic E-state index is 0.0647. The molecule has 6 nitrogen and oxygen atoms in total. The highest BCUT2D eigenvalue weighted by molar-refractivity contribution is 5.71. The Labute approximate surface area is 348 Å². The van der Waals surface area contributed by atoms with Crippen molar-refractivity contribution in [1.82, 2.24) is 0 Å². The summed E-state index contributed by atoms with van der Waals surface area (Å²) in [5.74, 6) is 0.747. The van der Waals surface area contributed by atoms with Crippen molar-refractivity contribution in [2.45, 2.75) is 278 Å². The van der Waals surface area contributed by atoms with Gasteiger partial charge in [0.15, 0.2) is 6.10 Å². The highest BCUT2D eigenvalue weighted by Crippen LogP contribution is 2.17. The molecule has 0 spiro atoms. The molecule has 0 N–H and O–H groups in total. The van der Waals surface area contributed by atoms with Gasteiger partial charge in [0.25, 0.3) is 0 Å². The predicted octanol–water partition coefficient (Wildman–Crippen LogP) is 15.8. The largest absolute Gasteiger partial charge is 0.462 e. The van der Waals surface area contributed by atoms with Crippen LogP contribution in [-0.4, -0.2) is 37.2 Å². The fourth-order valence-corrected chi connectivity index (χ4v) is 7.46. The van der Waals surface area contributed by atoms with Crippen LogP contribution in [0.25, 0.3) is 0 Å². The second kappa shape index (κ2) is 43.0. The van der Waals surface area contributed by atoms with Gasteiger partial charge in [-0.3, -0.25) is 14.4 Å². The van der Waals surface area contributed by atoms with Crippen molar-refractivity contribution in [2.24, 2.45) is 11.8 Å². The molecule has 0 amide bonds. The average Bonchev–Trinajstić information content (AvgIpc) is 3.16. The van der Waals surface area contributed by atoms with E-state index in [1.165, 1.54) is 161 Å². The van der Waals surface area contributed by atoms with E-state index in [1.54, 1.807) is 0 Å². The molecular weight excluding hydrogens is 697 g/mol. The van der Waals surface area contributed by atoms with E-state index in [4.69, 9.17) is 14.2 Å². The quantitative estimate of drug-likeness (QED) is 0.0347. The van der Waals surface area contributed by atoms with Crippen LogP contribution in [0, 0.1) is 11.8 Å². The zero-order valence-corrected chi connectivity index (χ0v) is 38.3. The third kappa shape index (κ3) is 43.5. The molecule has 332 valence electrons. The standard InChI is InChI=1S/C50H96O6/c1-6-7-8-9-10-11-12-14-19-22-25-32-37-42-50(53)56-47(44-55-49(52)41-36-31-27-26-29-34-39-46(4)5)43-54-48(51)40-35-30-24-21-18-16-13-15-17-20-23-28-33-38-45(2)3/h45-47H,6-44H2,1-5H3/t47-/m0/s1. The first kappa shape index (κ1) is 54.4. The maximum atomic E-state index is 12.7. The maximum absolute atomic E-state index is 12.7. The molecule has 0 aliphatic rings. The Morgan fingerprint density at radius 3 is 0.875 bits per heavy atom. The third-order valence-corrected chi connectivity index (χ3v) is 11.2. The van der Waals surface area contributed by atoms with Gasteiger partial charge in [0.2, 0.25) is 0 Å². The number of ether oxygens (including phenoxy) is 3. The lowest BCUT2D eigenvalue weighted by Gasteiger charge is -2.18. The van der Waals surface area contributed by atoms with Crippen molar-refractivity contribution in [3.8, 4) is 0 Å². The minimum atomic E-state index is -0.761. The molecular formula is C50H96O6. The lowest BCUT2D eigenvalue weighted by molar-refractivity contribution is -0.167. The molecule has 0 unspecified atom stereocenters. The molecule has 56 heavy (non-hydrogen) atoms. The van der Waals surface area contributed by atoms with Crippen LogP contribution in [-0.2, 0) is 28.6 Å². The molecule has 1 atom stereocenters. The van der Waals surface area contributed by atoms with Gasteiger partial charge < -0.3 is 14.2 Å². The first-order chi connectivity index (χ1) is 27.2. The highest BCUT2D eigenvalue weighted by Gasteiger charge is 2.19. The van der Waals surface area contributed by atoms with Crippen molar-refractivity contribution >= 4 is 17.9 Å². The van der Waals surface area contributed by atoms with Crippen LogP contribution in [0.2, 0.25) is 0 Å². The van der Waals surface area contributed by atoms with E-state index in [-0.39, 0.29) is 31.1 Å². The maximum Gasteiger partial charge on any atom is 0.306 e. The second-order valence-corrected chi connectivity index (χ2v) is 18.1. The lowest BCUT2D eigenvalue weighted by atomic mass is 10.0. The molecule has 6 heteroatoms. The summed E-state index contributed by atoms with van der Waals surface area (Å²) in [6, 6.07) is 0. The van der Waals surface area contributed by atoms with Crippen LogP contribution in [0.5, 0.6) is 0 Å². The van der Waals surface area contributed by atoms with Gasteiger partial charge >= 0.3 is 17.9 Å². The summed E-state index contributed by atoms with van der Waals surface area (Å²) in [5, 5.41) is 0. The molecule has 0 fully saturated rings. The van der Waals surface area contributed by atoms with E-state index in [1.807, 2.05) is 0 Å². The normalized spacial score (nSPS) is 12.1. The van der Waals surface area contributed by atoms with Gasteiger partial charge in [-0.1, -0.05) is 234 Å². The molecule has 0 aliphatic heterocycles. The molecule has 0 aromatic carbocycles. The summed E-state index contributed by atoms with van der Waals surface area (Å²) in [4.78, 5) is 37.8. The van der Waals surface area contributed by atoms with Crippen LogP contribution in [0.1, 0.15) is 272 Å². The first-order valence-electron chi connectivity index (χ1n) is 24.7. The van der Waals surface area contributed by atoms with Gasteiger partial charge in [0.1, 0.15) is 13.2 Å². The van der Waals surface area contributed by atoms with Crippen LogP contribution >= 0.6 is 0 Å². The van der Waals surface area contributed by atoms with Crippen LogP contribution < -0.4 is 0 Å². The number of hydrogen-bond acceptors (Lipinski definition) is 6. The van der Waals surface area contributed by atoms with Crippen molar-refractivity contribution in [1.29, 1.82) is 0 Å². The molecule has 0 radical (unpaired) electrons. The molecule has 0 rings (SSSR count). The van der Waals surface area contributed by atoms with Gasteiger partial charge in [0, 0.05) is 19.3 Å². The Kier molecular flexibility index (Phi) is 41.8. The van der Waals surface area contributed by atoms with Gasteiger partial charge in [-0.15, -0.1) is 0 Å². The summed E-state index contributed by atoms with van der Waals surface area (Å²) in [6.45, 7) is 11.3. The van der Waals surface area contributed by atoms with Crippen LogP contribution in [0.15, 0.2) is 0 Å². The van der Waals surface area contributed by atoms with E-state index in [2.05, 4.69) is 34.6 Å². The Balaban J connectivity index is 4.28. The number of carbonyl (C=O) groups is 3. The minimum Gasteiger partial charge on any atom is -0.462 e. The molecule has 0 saturated carbocycles. The van der Waals surface area contributed by atoms with Crippen LogP contribution in [0.3, 0.4) is 0 Å². The fourth-order valence-electron chi connectivity index (χ4n) is 7.46. The summed E-state index contributed by atoms with van der Waals surface area (Å²) >= 11 is 0. The van der Waals surface area contributed by atoms with E-state index >= 15 is 0 Å². The Hall–Kier alpha value is -1.59. The Bertz CT molecular complexity index is 854. The average molecular weight is 793 g/mol. The van der Waals surface area contributed by atoms with Crippen molar-refractivity contribution < 1.29 is 28.6 Å². The Morgan fingerprint density at radius 2 is 0.589 bits per heavy atom. The fraction of sp³-hybridized carbons (Fsp3) is 0.940. The zero-order valence-electron chi connectivity index (χ0n) is 38.3. The van der Waals surface area contributed by atoms with Crippen molar-refractivity contribution in [2.75, 3.05) is 13.2 Å². The summed E-state index contributed by atoms with van der Waals surface area (Å²) < 4.78 is 16.7. The smallest absolute Gasteiger partial charge is 0.306 e. The van der Waals surface area contributed by atoms with Crippen molar-refractivity contribution in [3.05, 3.63) is 0 Å². The van der Waals surface area contributed by atoms with Gasteiger partial charge in [0.05, 0.1) is 0 Å².